The maximum Gasteiger partial charge on any atom is 0.328 e. The Balaban J connectivity index is 1.16. The van der Waals surface area contributed by atoms with Crippen LogP contribution in [-0.4, -0.2) is 11.4 Å². The molecule has 4 heteroatoms. The van der Waals surface area contributed by atoms with Crippen molar-refractivity contribution in [3.05, 3.63) is 186 Å². The Morgan fingerprint density at radius 1 is 0.492 bits per heavy atom. The number of anilines is 2. The Bertz CT molecular complexity index is 3520. The van der Waals surface area contributed by atoms with Gasteiger partial charge in [0.1, 0.15) is 11.2 Å². The molecule has 0 spiro atoms. The summed E-state index contributed by atoms with van der Waals surface area (Å²) in [5, 5.41) is 4.82. The third-order valence-corrected chi connectivity index (χ3v) is 14.3. The lowest BCUT2D eigenvalue weighted by Gasteiger charge is -2.49. The summed E-state index contributed by atoms with van der Waals surface area (Å²) in [6, 6.07) is 61.6. The average molecular weight is 815 g/mol. The van der Waals surface area contributed by atoms with E-state index in [1.165, 1.54) is 94.3 Å². The van der Waals surface area contributed by atoms with E-state index in [4.69, 9.17) is 4.42 Å². The van der Waals surface area contributed by atoms with E-state index >= 15 is 0 Å². The minimum atomic E-state index is -0.251. The molecule has 306 valence electrons. The van der Waals surface area contributed by atoms with Crippen LogP contribution in [0, 0.1) is 0 Å². The number of benzene rings is 8. The smallest absolute Gasteiger partial charge is 0.328 e. The second-order valence-electron chi connectivity index (χ2n) is 20.6. The summed E-state index contributed by atoms with van der Waals surface area (Å²) in [4.78, 5) is 2.72. The Labute approximate surface area is 370 Å². The number of fused-ring (bicyclic) bond motifs is 10. The number of nitrogens with zero attached hydrogens (tertiary/aromatic N) is 2. The van der Waals surface area contributed by atoms with E-state index in [1.54, 1.807) is 0 Å². The van der Waals surface area contributed by atoms with Crippen molar-refractivity contribution < 1.29 is 4.42 Å². The summed E-state index contributed by atoms with van der Waals surface area (Å²) in [5.74, 6) is 0. The molecule has 0 saturated heterocycles. The first-order chi connectivity index (χ1) is 30.3. The van der Waals surface area contributed by atoms with Crippen LogP contribution in [-0.2, 0) is 16.2 Å². The van der Waals surface area contributed by atoms with Gasteiger partial charge in [-0.1, -0.05) is 159 Å². The molecule has 0 bridgehead atoms. The molecule has 63 heavy (non-hydrogen) atoms. The molecule has 0 amide bonds. The van der Waals surface area contributed by atoms with Crippen LogP contribution in [0.2, 0.25) is 0 Å². The van der Waals surface area contributed by atoms with E-state index in [9.17, 15) is 0 Å². The van der Waals surface area contributed by atoms with Crippen molar-refractivity contribution in [3.63, 3.8) is 0 Å². The van der Waals surface area contributed by atoms with Crippen molar-refractivity contribution in [2.45, 2.75) is 71.6 Å². The fourth-order valence-electron chi connectivity index (χ4n) is 10.9. The highest BCUT2D eigenvalue weighted by Gasteiger charge is 2.47. The minimum absolute atomic E-state index is 0.0118. The van der Waals surface area contributed by atoms with Crippen LogP contribution in [0.1, 0.15) is 77.6 Å². The molecule has 3 nitrogen and oxygen atoms in total. The highest BCUT2D eigenvalue weighted by Crippen LogP contribution is 2.56. The van der Waals surface area contributed by atoms with Crippen molar-refractivity contribution in [2.75, 3.05) is 4.81 Å². The van der Waals surface area contributed by atoms with E-state index in [-0.39, 0.29) is 23.1 Å². The Morgan fingerprint density at radius 2 is 1.16 bits per heavy atom. The zero-order chi connectivity index (χ0) is 43.2. The monoisotopic (exact) mass is 814 g/mol. The van der Waals surface area contributed by atoms with Crippen LogP contribution >= 0.6 is 0 Å². The van der Waals surface area contributed by atoms with Crippen molar-refractivity contribution in [1.82, 2.24) is 4.57 Å². The van der Waals surface area contributed by atoms with Crippen LogP contribution < -0.4 is 15.7 Å². The van der Waals surface area contributed by atoms with Gasteiger partial charge in [0.25, 0.3) is 0 Å². The summed E-state index contributed by atoms with van der Waals surface area (Å²) < 4.78 is 8.70. The number of hydrogen-bond donors (Lipinski definition) is 0. The Morgan fingerprint density at radius 3 is 1.95 bits per heavy atom. The van der Waals surface area contributed by atoms with Crippen LogP contribution in [0.3, 0.4) is 0 Å². The first kappa shape index (κ1) is 37.9. The number of furan rings is 1. The van der Waals surface area contributed by atoms with E-state index in [1.807, 2.05) is 6.07 Å². The number of para-hydroxylation sites is 3. The number of aromatic nitrogens is 1. The molecule has 0 saturated carbocycles. The highest BCUT2D eigenvalue weighted by atomic mass is 16.3. The summed E-state index contributed by atoms with van der Waals surface area (Å²) in [6.45, 7) is 18.9. The van der Waals surface area contributed by atoms with Crippen LogP contribution in [0.15, 0.2) is 168 Å². The standard InChI is InChI=1S/C59H51BN2O/c1-57(2,3)38-24-27-53-48(33-38)59(7,8)49-34-39(58(4,5)6)32-47-44-30-36(37-23-29-55-46(31-37)43-19-13-15-21-54(43)63-55)22-26-50(44)60(62(53)56(47)49)40-25-28-52-45(35-40)42-18-12-14-20-51(42)61(52)41-16-10-9-11-17-41/h9-35H,1-8H3. The molecule has 0 unspecified atom stereocenters. The second-order valence-corrected chi connectivity index (χ2v) is 20.6. The molecule has 0 radical (unpaired) electrons. The molecular formula is C59H51BN2O. The van der Waals surface area contributed by atoms with Gasteiger partial charge < -0.3 is 13.8 Å². The predicted octanol–water partition coefficient (Wildman–Crippen LogP) is 14.5. The molecular weight excluding hydrogens is 763 g/mol. The first-order valence-electron chi connectivity index (χ1n) is 22.5. The zero-order valence-corrected chi connectivity index (χ0v) is 37.5. The van der Waals surface area contributed by atoms with Crippen molar-refractivity contribution >= 4 is 72.9 Å². The van der Waals surface area contributed by atoms with Crippen molar-refractivity contribution in [3.8, 4) is 27.9 Å². The van der Waals surface area contributed by atoms with Crippen molar-refractivity contribution in [2.24, 2.45) is 0 Å². The fraction of sp³-hybridized carbons (Fsp3) is 0.186. The normalized spacial score (nSPS) is 14.4. The van der Waals surface area contributed by atoms with Crippen LogP contribution in [0.25, 0.3) is 71.7 Å². The van der Waals surface area contributed by atoms with Gasteiger partial charge in [0.2, 0.25) is 0 Å². The molecule has 12 rings (SSSR count). The van der Waals surface area contributed by atoms with Crippen LogP contribution in [0.5, 0.6) is 0 Å². The van der Waals surface area contributed by atoms with Gasteiger partial charge in [-0.05, 0) is 121 Å². The molecule has 10 aromatic rings. The van der Waals surface area contributed by atoms with Gasteiger partial charge in [-0.25, -0.2) is 0 Å². The molecule has 0 atom stereocenters. The fourth-order valence-corrected chi connectivity index (χ4v) is 10.9. The van der Waals surface area contributed by atoms with E-state index < -0.39 is 0 Å². The van der Waals surface area contributed by atoms with Gasteiger partial charge in [-0.15, -0.1) is 0 Å². The highest BCUT2D eigenvalue weighted by molar-refractivity contribution is 6.91. The SMILES string of the molecule is CC(C)(C)c1ccc2c(c1)C(C)(C)c1cc(C(C)(C)C)cc3c1N2B(c1ccc2c(c1)c1ccccc1n2-c1ccccc1)c1ccc(-c2ccc4oc5ccccc5c4c2)cc1-3. The molecule has 0 N–H and O–H groups in total. The molecule has 2 aromatic heterocycles. The average Bonchev–Trinajstić information content (AvgIpc) is 3.82. The zero-order valence-electron chi connectivity index (χ0n) is 37.5. The van der Waals surface area contributed by atoms with Crippen molar-refractivity contribution in [1.29, 1.82) is 0 Å². The molecule has 0 aliphatic carbocycles. The molecule has 0 fully saturated rings. The minimum Gasteiger partial charge on any atom is -0.456 e. The second kappa shape index (κ2) is 13.1. The van der Waals surface area contributed by atoms with Gasteiger partial charge >= 0.3 is 6.85 Å². The van der Waals surface area contributed by atoms with E-state index in [0.29, 0.717) is 0 Å². The van der Waals surface area contributed by atoms with Gasteiger partial charge in [-0.2, -0.15) is 0 Å². The lowest BCUT2D eigenvalue weighted by molar-refractivity contribution is 0.574. The molecule has 4 heterocycles. The van der Waals surface area contributed by atoms with Gasteiger partial charge in [0.15, 0.2) is 0 Å². The number of rotatable bonds is 3. The summed E-state index contributed by atoms with van der Waals surface area (Å²) in [5.41, 5.74) is 20.8. The van der Waals surface area contributed by atoms with E-state index in [2.05, 4.69) is 222 Å². The third-order valence-electron chi connectivity index (χ3n) is 14.3. The topological polar surface area (TPSA) is 21.3 Å². The summed E-state index contributed by atoms with van der Waals surface area (Å²) in [6.07, 6.45) is 0. The number of hydrogen-bond acceptors (Lipinski definition) is 2. The Hall–Kier alpha value is -6.78. The van der Waals surface area contributed by atoms with Gasteiger partial charge in [-0.3, -0.25) is 0 Å². The lowest BCUT2D eigenvalue weighted by Crippen LogP contribution is -2.59. The Kier molecular flexibility index (Phi) is 7.91. The molecule has 2 aliphatic heterocycles. The quantitative estimate of drug-likeness (QED) is 0.166. The summed E-state index contributed by atoms with van der Waals surface area (Å²) in [7, 11) is 0. The summed E-state index contributed by atoms with van der Waals surface area (Å²) >= 11 is 0. The van der Waals surface area contributed by atoms with Gasteiger partial charge in [0, 0.05) is 49.6 Å². The third kappa shape index (κ3) is 5.59. The largest absolute Gasteiger partial charge is 0.456 e. The lowest BCUT2D eigenvalue weighted by atomic mass is 9.44. The van der Waals surface area contributed by atoms with Crippen LogP contribution in [0.4, 0.5) is 11.4 Å². The molecule has 2 aliphatic rings. The van der Waals surface area contributed by atoms with E-state index in [0.717, 1.165) is 21.9 Å². The maximum atomic E-state index is 6.28. The predicted molar refractivity (Wildman–Crippen MR) is 269 cm³/mol. The maximum absolute atomic E-state index is 6.28. The van der Waals surface area contributed by atoms with Gasteiger partial charge in [0.05, 0.1) is 11.0 Å². The first-order valence-corrected chi connectivity index (χ1v) is 22.5. The molecule has 8 aromatic carbocycles.